The lowest BCUT2D eigenvalue weighted by molar-refractivity contribution is 0.0924. The van der Waals surface area contributed by atoms with Gasteiger partial charge in [-0.25, -0.2) is 4.39 Å². The fourth-order valence-electron chi connectivity index (χ4n) is 2.62. The molecule has 0 radical (unpaired) electrons. The molecular formula is C15H20BrFN2O. The van der Waals surface area contributed by atoms with Crippen LogP contribution in [0.2, 0.25) is 0 Å². The summed E-state index contributed by atoms with van der Waals surface area (Å²) in [5, 5.41) is 6.26. The molecule has 1 aromatic rings. The van der Waals surface area contributed by atoms with Crippen molar-refractivity contribution < 1.29 is 9.18 Å². The minimum absolute atomic E-state index is 0.0705. The van der Waals surface area contributed by atoms with E-state index in [2.05, 4.69) is 40.4 Å². The van der Waals surface area contributed by atoms with Crippen molar-refractivity contribution in [1.82, 2.24) is 10.6 Å². The third-order valence-electron chi connectivity index (χ3n) is 3.99. The van der Waals surface area contributed by atoms with Gasteiger partial charge in [0.1, 0.15) is 5.82 Å². The smallest absolute Gasteiger partial charge is 0.255 e. The van der Waals surface area contributed by atoms with Crippen molar-refractivity contribution in [3.63, 3.8) is 0 Å². The van der Waals surface area contributed by atoms with Crippen molar-refractivity contribution in [2.24, 2.45) is 5.41 Å². The van der Waals surface area contributed by atoms with Crippen LogP contribution in [0.5, 0.6) is 0 Å². The first-order chi connectivity index (χ1) is 9.42. The van der Waals surface area contributed by atoms with Crippen molar-refractivity contribution >= 4 is 21.8 Å². The maximum Gasteiger partial charge on any atom is 0.255 e. The van der Waals surface area contributed by atoms with Gasteiger partial charge in [0, 0.05) is 17.1 Å². The lowest BCUT2D eigenvalue weighted by Gasteiger charge is -2.39. The van der Waals surface area contributed by atoms with Gasteiger partial charge in [-0.15, -0.1) is 0 Å². The molecule has 0 bridgehead atoms. The number of nitrogens with one attached hydrogen (secondary N) is 2. The van der Waals surface area contributed by atoms with E-state index in [1.165, 1.54) is 6.07 Å². The molecule has 2 rings (SSSR count). The molecule has 0 aromatic heterocycles. The van der Waals surface area contributed by atoms with Crippen LogP contribution in [0.1, 0.15) is 37.0 Å². The second-order valence-electron chi connectivity index (χ2n) is 5.91. The molecule has 1 fully saturated rings. The normalized spacial score (nSPS) is 21.5. The summed E-state index contributed by atoms with van der Waals surface area (Å²) in [6, 6.07) is 4.75. The number of hydrogen-bond acceptors (Lipinski definition) is 2. The molecule has 3 nitrogen and oxygen atoms in total. The van der Waals surface area contributed by atoms with Crippen LogP contribution >= 0.6 is 15.9 Å². The highest BCUT2D eigenvalue weighted by atomic mass is 79.9. The van der Waals surface area contributed by atoms with Crippen LogP contribution in [0.25, 0.3) is 0 Å². The molecule has 1 aromatic carbocycles. The molecule has 1 aliphatic rings. The highest BCUT2D eigenvalue weighted by Gasteiger charge is 2.32. The molecule has 1 amide bonds. The molecule has 0 spiro atoms. The zero-order chi connectivity index (χ0) is 14.8. The maximum absolute atomic E-state index is 13.7. The van der Waals surface area contributed by atoms with Crippen LogP contribution in [-0.4, -0.2) is 25.0 Å². The average Bonchev–Trinajstić information content (AvgIpc) is 2.36. The second-order valence-corrected chi connectivity index (χ2v) is 6.76. The van der Waals surface area contributed by atoms with Gasteiger partial charge in [-0.2, -0.15) is 0 Å². The Morgan fingerprint density at radius 2 is 2.30 bits per heavy atom. The van der Waals surface area contributed by atoms with Gasteiger partial charge in [0.15, 0.2) is 0 Å². The third kappa shape index (κ3) is 3.38. The van der Waals surface area contributed by atoms with E-state index < -0.39 is 5.82 Å². The Morgan fingerprint density at radius 3 is 2.95 bits per heavy atom. The molecule has 110 valence electrons. The van der Waals surface area contributed by atoms with Crippen molar-refractivity contribution in [2.75, 3.05) is 13.1 Å². The van der Waals surface area contributed by atoms with Gasteiger partial charge >= 0.3 is 0 Å². The number of halogens is 2. The van der Waals surface area contributed by atoms with Gasteiger partial charge in [0.05, 0.1) is 5.56 Å². The summed E-state index contributed by atoms with van der Waals surface area (Å²) in [6.45, 7) is 5.85. The molecule has 1 unspecified atom stereocenters. The average molecular weight is 343 g/mol. The summed E-state index contributed by atoms with van der Waals surface area (Å²) in [4.78, 5) is 12.1. The molecule has 5 heteroatoms. The van der Waals surface area contributed by atoms with Crippen LogP contribution < -0.4 is 10.6 Å². The summed E-state index contributed by atoms with van der Waals surface area (Å²) in [5.74, 6) is -0.883. The van der Waals surface area contributed by atoms with Crippen LogP contribution in [0.15, 0.2) is 22.7 Å². The Bertz CT molecular complexity index is 484. The van der Waals surface area contributed by atoms with Crippen LogP contribution in [0.3, 0.4) is 0 Å². The molecule has 1 aliphatic heterocycles. The Kier molecular flexibility index (Phi) is 4.81. The molecule has 2 N–H and O–H groups in total. The van der Waals surface area contributed by atoms with E-state index in [-0.39, 0.29) is 22.9 Å². The summed E-state index contributed by atoms with van der Waals surface area (Å²) in [5.41, 5.74) is 0.207. The van der Waals surface area contributed by atoms with Crippen LogP contribution in [0, 0.1) is 11.2 Å². The maximum atomic E-state index is 13.7. The number of benzene rings is 1. The standard InChI is InChI=1S/C15H20BrFN2O/c1-15(2)7-4-8-18-12(15)9-19-14(20)13-10(16)5-3-6-11(13)17/h3,5-6,12,18H,4,7-9H2,1-2H3,(H,19,20). The van der Waals surface area contributed by atoms with E-state index in [9.17, 15) is 9.18 Å². The molecule has 0 saturated carbocycles. The monoisotopic (exact) mass is 342 g/mol. The van der Waals surface area contributed by atoms with E-state index >= 15 is 0 Å². The SMILES string of the molecule is CC1(C)CCCNC1CNC(=O)c1c(F)cccc1Br. The Labute approximate surface area is 127 Å². The summed E-state index contributed by atoms with van der Waals surface area (Å²) >= 11 is 3.22. The van der Waals surface area contributed by atoms with Gasteiger partial charge in [0.25, 0.3) is 5.91 Å². The van der Waals surface area contributed by atoms with Gasteiger partial charge in [-0.3, -0.25) is 4.79 Å². The number of piperidine rings is 1. The van der Waals surface area contributed by atoms with E-state index in [1.54, 1.807) is 12.1 Å². The minimum atomic E-state index is -0.507. The number of carbonyl (C=O) groups excluding carboxylic acids is 1. The third-order valence-corrected chi connectivity index (χ3v) is 4.65. The quantitative estimate of drug-likeness (QED) is 0.886. The fraction of sp³-hybridized carbons (Fsp3) is 0.533. The van der Waals surface area contributed by atoms with Gasteiger partial charge in [-0.1, -0.05) is 19.9 Å². The van der Waals surface area contributed by atoms with Crippen molar-refractivity contribution in [1.29, 1.82) is 0 Å². The fourth-order valence-corrected chi connectivity index (χ4v) is 3.14. The Balaban J connectivity index is 2.02. The first-order valence-electron chi connectivity index (χ1n) is 6.87. The lowest BCUT2D eigenvalue weighted by Crippen LogP contribution is -2.52. The van der Waals surface area contributed by atoms with E-state index in [1.807, 2.05) is 0 Å². The molecule has 1 saturated heterocycles. The Morgan fingerprint density at radius 1 is 1.55 bits per heavy atom. The Hall–Kier alpha value is -0.940. The molecule has 1 heterocycles. The second kappa shape index (κ2) is 6.22. The zero-order valence-corrected chi connectivity index (χ0v) is 13.4. The highest BCUT2D eigenvalue weighted by molar-refractivity contribution is 9.10. The summed E-state index contributed by atoms with van der Waals surface area (Å²) in [6.07, 6.45) is 2.28. The van der Waals surface area contributed by atoms with Crippen molar-refractivity contribution in [2.45, 2.75) is 32.7 Å². The number of carbonyl (C=O) groups is 1. The van der Waals surface area contributed by atoms with Crippen LogP contribution in [0.4, 0.5) is 4.39 Å². The van der Waals surface area contributed by atoms with Gasteiger partial charge in [0.2, 0.25) is 0 Å². The molecule has 20 heavy (non-hydrogen) atoms. The number of rotatable bonds is 3. The number of hydrogen-bond donors (Lipinski definition) is 2. The molecular weight excluding hydrogens is 323 g/mol. The lowest BCUT2D eigenvalue weighted by atomic mass is 9.77. The predicted octanol–water partition coefficient (Wildman–Crippen LogP) is 3.10. The largest absolute Gasteiger partial charge is 0.350 e. The first-order valence-corrected chi connectivity index (χ1v) is 7.67. The van der Waals surface area contributed by atoms with Crippen molar-refractivity contribution in [3.05, 3.63) is 34.1 Å². The molecule has 0 aliphatic carbocycles. The predicted molar refractivity (Wildman–Crippen MR) is 81.2 cm³/mol. The van der Waals surface area contributed by atoms with E-state index in [0.29, 0.717) is 11.0 Å². The molecule has 1 atom stereocenters. The first kappa shape index (κ1) is 15.4. The minimum Gasteiger partial charge on any atom is -0.350 e. The summed E-state index contributed by atoms with van der Waals surface area (Å²) < 4.78 is 14.2. The van der Waals surface area contributed by atoms with E-state index in [4.69, 9.17) is 0 Å². The summed E-state index contributed by atoms with van der Waals surface area (Å²) in [7, 11) is 0. The van der Waals surface area contributed by atoms with Crippen molar-refractivity contribution in [3.8, 4) is 0 Å². The van der Waals surface area contributed by atoms with Crippen LogP contribution in [-0.2, 0) is 0 Å². The van der Waals surface area contributed by atoms with Gasteiger partial charge < -0.3 is 10.6 Å². The highest BCUT2D eigenvalue weighted by Crippen LogP contribution is 2.29. The number of amides is 1. The van der Waals surface area contributed by atoms with E-state index in [0.717, 1.165) is 19.4 Å². The zero-order valence-electron chi connectivity index (χ0n) is 11.8. The topological polar surface area (TPSA) is 41.1 Å². The van der Waals surface area contributed by atoms with Gasteiger partial charge in [-0.05, 0) is 52.9 Å².